The maximum atomic E-state index is 11.9. The fourth-order valence-electron chi connectivity index (χ4n) is 2.89. The lowest BCUT2D eigenvalue weighted by molar-refractivity contribution is -0.148. The van der Waals surface area contributed by atoms with Gasteiger partial charge in [-0.1, -0.05) is 40.0 Å². The van der Waals surface area contributed by atoms with Crippen LogP contribution in [0.4, 0.5) is 0 Å². The van der Waals surface area contributed by atoms with Gasteiger partial charge in [-0.15, -0.1) is 0 Å². The third-order valence-electron chi connectivity index (χ3n) is 3.45. The van der Waals surface area contributed by atoms with Crippen molar-refractivity contribution in [2.45, 2.75) is 46.1 Å². The molecule has 0 aromatic carbocycles. The zero-order valence-electron chi connectivity index (χ0n) is 12.1. The zero-order chi connectivity index (χ0) is 14.6. The van der Waals surface area contributed by atoms with Gasteiger partial charge in [0.2, 0.25) is 0 Å². The van der Waals surface area contributed by atoms with Crippen molar-refractivity contribution in [3.8, 4) is 0 Å². The Hall–Kier alpha value is -1.51. The first-order valence-corrected chi connectivity index (χ1v) is 6.67. The third kappa shape index (κ3) is 4.58. The van der Waals surface area contributed by atoms with Crippen LogP contribution in [0, 0.1) is 11.3 Å². The minimum Gasteiger partial charge on any atom is -0.507 e. The Kier molecular flexibility index (Phi) is 4.98. The lowest BCUT2D eigenvalue weighted by Crippen LogP contribution is -2.34. The van der Waals surface area contributed by atoms with Crippen LogP contribution < -0.4 is 0 Å². The number of hydrogen-bond donors (Lipinski definition) is 1. The molecule has 106 valence electrons. The summed E-state index contributed by atoms with van der Waals surface area (Å²) in [5, 5.41) is 9.56. The Morgan fingerprint density at radius 2 is 2.05 bits per heavy atom. The standard InChI is InChI=1S/C16H24O3/c1-6-7-14(17)12(3)15(18)19-13-8-11(2)9-16(4,5)10-13/h6-7,11,13,17H,1,3,8-10H2,2,4-5H3/b14-7+. The summed E-state index contributed by atoms with van der Waals surface area (Å²) < 4.78 is 5.45. The van der Waals surface area contributed by atoms with Crippen LogP contribution in [0.3, 0.4) is 0 Å². The molecule has 1 N–H and O–H groups in total. The second-order valence-corrected chi connectivity index (χ2v) is 6.21. The average Bonchev–Trinajstić information content (AvgIpc) is 2.25. The molecule has 1 fully saturated rings. The Morgan fingerprint density at radius 3 is 2.58 bits per heavy atom. The van der Waals surface area contributed by atoms with E-state index in [1.807, 2.05) is 0 Å². The van der Waals surface area contributed by atoms with E-state index >= 15 is 0 Å². The fraction of sp³-hybridized carbons (Fsp3) is 0.562. The highest BCUT2D eigenvalue weighted by Gasteiger charge is 2.34. The van der Waals surface area contributed by atoms with Gasteiger partial charge >= 0.3 is 5.97 Å². The van der Waals surface area contributed by atoms with Crippen molar-refractivity contribution in [3.05, 3.63) is 36.6 Å². The van der Waals surface area contributed by atoms with E-state index in [0.29, 0.717) is 5.92 Å². The van der Waals surface area contributed by atoms with Gasteiger partial charge in [-0.25, -0.2) is 4.79 Å². The fourth-order valence-corrected chi connectivity index (χ4v) is 2.89. The van der Waals surface area contributed by atoms with E-state index in [2.05, 4.69) is 33.9 Å². The van der Waals surface area contributed by atoms with E-state index in [9.17, 15) is 9.90 Å². The molecule has 0 bridgehead atoms. The van der Waals surface area contributed by atoms with Crippen LogP contribution in [0.25, 0.3) is 0 Å². The molecule has 0 radical (unpaired) electrons. The van der Waals surface area contributed by atoms with Crippen LogP contribution in [0.1, 0.15) is 40.0 Å². The molecule has 3 heteroatoms. The molecular formula is C16H24O3. The Morgan fingerprint density at radius 1 is 1.42 bits per heavy atom. The predicted octanol–water partition coefficient (Wildman–Crippen LogP) is 3.93. The lowest BCUT2D eigenvalue weighted by Gasteiger charge is -2.38. The van der Waals surface area contributed by atoms with Gasteiger partial charge < -0.3 is 9.84 Å². The molecular weight excluding hydrogens is 240 g/mol. The summed E-state index contributed by atoms with van der Waals surface area (Å²) in [7, 11) is 0. The zero-order valence-corrected chi connectivity index (χ0v) is 12.1. The van der Waals surface area contributed by atoms with Crippen LogP contribution in [-0.2, 0) is 9.53 Å². The molecule has 1 saturated carbocycles. The maximum Gasteiger partial charge on any atom is 0.341 e. The number of ether oxygens (including phenoxy) is 1. The number of aliphatic hydroxyl groups excluding tert-OH is 1. The number of hydrogen-bond acceptors (Lipinski definition) is 3. The van der Waals surface area contributed by atoms with E-state index in [1.165, 1.54) is 12.2 Å². The van der Waals surface area contributed by atoms with Crippen molar-refractivity contribution in [1.29, 1.82) is 0 Å². The largest absolute Gasteiger partial charge is 0.507 e. The van der Waals surface area contributed by atoms with Gasteiger partial charge in [0, 0.05) is 0 Å². The van der Waals surface area contributed by atoms with E-state index < -0.39 is 5.97 Å². The van der Waals surface area contributed by atoms with Crippen LogP contribution >= 0.6 is 0 Å². The normalized spacial score (nSPS) is 26.6. The minimum absolute atomic E-state index is 0.0177. The molecule has 0 saturated heterocycles. The number of rotatable bonds is 4. The first-order valence-electron chi connectivity index (χ1n) is 6.67. The summed E-state index contributed by atoms with van der Waals surface area (Å²) in [5.41, 5.74) is 0.166. The first kappa shape index (κ1) is 15.5. The first-order chi connectivity index (χ1) is 8.75. The molecule has 1 aliphatic carbocycles. The molecule has 1 rings (SSSR count). The van der Waals surface area contributed by atoms with Crippen molar-refractivity contribution < 1.29 is 14.6 Å². The van der Waals surface area contributed by atoms with Crippen LogP contribution in [0.2, 0.25) is 0 Å². The van der Waals surface area contributed by atoms with Crippen molar-refractivity contribution in [2.24, 2.45) is 11.3 Å². The van der Waals surface area contributed by atoms with Crippen LogP contribution in [0.5, 0.6) is 0 Å². The van der Waals surface area contributed by atoms with E-state index in [-0.39, 0.29) is 22.9 Å². The predicted molar refractivity (Wildman–Crippen MR) is 76.7 cm³/mol. The molecule has 0 heterocycles. The van der Waals surface area contributed by atoms with Gasteiger partial charge in [0.05, 0.1) is 5.57 Å². The van der Waals surface area contributed by atoms with Gasteiger partial charge in [0.1, 0.15) is 11.9 Å². The smallest absolute Gasteiger partial charge is 0.341 e. The van der Waals surface area contributed by atoms with Crippen molar-refractivity contribution in [2.75, 3.05) is 0 Å². The summed E-state index contributed by atoms with van der Waals surface area (Å²) in [6, 6.07) is 0. The third-order valence-corrected chi connectivity index (χ3v) is 3.45. The minimum atomic E-state index is -0.550. The lowest BCUT2D eigenvalue weighted by atomic mass is 9.71. The molecule has 0 aliphatic heterocycles. The molecule has 1 aliphatic rings. The van der Waals surface area contributed by atoms with Gasteiger partial charge in [0.25, 0.3) is 0 Å². The second kappa shape index (κ2) is 6.09. The second-order valence-electron chi connectivity index (χ2n) is 6.21. The van der Waals surface area contributed by atoms with E-state index in [1.54, 1.807) is 0 Å². The van der Waals surface area contributed by atoms with Gasteiger partial charge in [-0.3, -0.25) is 0 Å². The molecule has 3 nitrogen and oxygen atoms in total. The maximum absolute atomic E-state index is 11.9. The van der Waals surface area contributed by atoms with Gasteiger partial charge in [0.15, 0.2) is 0 Å². The summed E-state index contributed by atoms with van der Waals surface area (Å²) in [6.07, 6.45) is 5.50. The molecule has 0 amide bonds. The monoisotopic (exact) mass is 264 g/mol. The number of carbonyl (C=O) groups excluding carboxylic acids is 1. The Labute approximate surface area is 115 Å². The molecule has 0 aromatic heterocycles. The van der Waals surface area contributed by atoms with Gasteiger partial charge in [-0.05, 0) is 36.7 Å². The Bertz CT molecular complexity index is 404. The van der Waals surface area contributed by atoms with Crippen molar-refractivity contribution >= 4 is 5.97 Å². The number of aliphatic hydroxyl groups is 1. The van der Waals surface area contributed by atoms with E-state index in [0.717, 1.165) is 19.3 Å². The number of esters is 1. The SMILES string of the molecule is C=C/C=C(/O)C(=C)C(=O)OC1CC(C)CC(C)(C)C1. The topological polar surface area (TPSA) is 46.5 Å². The molecule has 19 heavy (non-hydrogen) atoms. The highest BCUT2D eigenvalue weighted by Crippen LogP contribution is 2.39. The Balaban J connectivity index is 2.64. The van der Waals surface area contributed by atoms with Gasteiger partial charge in [-0.2, -0.15) is 0 Å². The summed E-state index contributed by atoms with van der Waals surface area (Å²) >= 11 is 0. The number of allylic oxidation sites excluding steroid dienone is 2. The highest BCUT2D eigenvalue weighted by atomic mass is 16.5. The van der Waals surface area contributed by atoms with Crippen molar-refractivity contribution in [3.63, 3.8) is 0 Å². The molecule has 0 aromatic rings. The highest BCUT2D eigenvalue weighted by molar-refractivity contribution is 5.92. The summed E-state index contributed by atoms with van der Waals surface area (Å²) in [6.45, 7) is 13.6. The van der Waals surface area contributed by atoms with Crippen LogP contribution in [-0.4, -0.2) is 17.2 Å². The average molecular weight is 264 g/mol. The summed E-state index contributed by atoms with van der Waals surface area (Å²) in [5.74, 6) is -0.208. The molecule has 0 spiro atoms. The number of carbonyl (C=O) groups is 1. The molecule has 2 unspecified atom stereocenters. The molecule has 2 atom stereocenters. The van der Waals surface area contributed by atoms with Crippen LogP contribution in [0.15, 0.2) is 36.6 Å². The summed E-state index contributed by atoms with van der Waals surface area (Å²) in [4.78, 5) is 11.9. The van der Waals surface area contributed by atoms with E-state index in [4.69, 9.17) is 4.74 Å². The van der Waals surface area contributed by atoms with Crippen molar-refractivity contribution in [1.82, 2.24) is 0 Å². The quantitative estimate of drug-likeness (QED) is 0.362.